The molecule has 7 heteroatoms. The van der Waals surface area contributed by atoms with E-state index in [9.17, 15) is 8.78 Å². The molecule has 0 N–H and O–H groups in total. The van der Waals surface area contributed by atoms with Crippen molar-refractivity contribution >= 4 is 0 Å². The molecule has 0 atom stereocenters. The Bertz CT molecular complexity index is 1280. The molecule has 3 aromatic heterocycles. The molecule has 5 aromatic rings. The van der Waals surface area contributed by atoms with Crippen LogP contribution in [-0.4, -0.2) is 15.0 Å². The van der Waals surface area contributed by atoms with Gasteiger partial charge in [0.05, 0.1) is 11.4 Å². The Morgan fingerprint density at radius 3 is 1.91 bits per heavy atom. The van der Waals surface area contributed by atoms with Gasteiger partial charge in [-0.15, -0.1) is 48.0 Å². The zero-order valence-electron chi connectivity index (χ0n) is 18.2. The third-order valence-electron chi connectivity index (χ3n) is 4.44. The maximum atomic E-state index is 13.2. The molecule has 0 aliphatic carbocycles. The first-order chi connectivity index (χ1) is 16.7. The van der Waals surface area contributed by atoms with Gasteiger partial charge in [0.1, 0.15) is 0 Å². The molecule has 0 aliphatic heterocycles. The molecular weight excluding hydrogens is 623 g/mol. The van der Waals surface area contributed by atoms with Crippen molar-refractivity contribution in [2.75, 3.05) is 0 Å². The molecule has 35 heavy (non-hydrogen) atoms. The SMILES string of the molecule is Fc1c[c-]c(-c2ccccn2)c(F)c1.[C-]#N.[Ir+3].[c-]1ccccc1-c1cccc(-c2ccccn2)n1. The van der Waals surface area contributed by atoms with E-state index in [4.69, 9.17) is 11.8 Å². The summed E-state index contributed by atoms with van der Waals surface area (Å²) >= 11 is 0. The van der Waals surface area contributed by atoms with Gasteiger partial charge in [0.15, 0.2) is 0 Å². The molecule has 5 rings (SSSR count). The molecule has 0 amide bonds. The van der Waals surface area contributed by atoms with Crippen LogP contribution in [-0.2, 0) is 20.1 Å². The monoisotopic (exact) mass is 640 g/mol. The van der Waals surface area contributed by atoms with Crippen molar-refractivity contribution in [2.24, 2.45) is 0 Å². The van der Waals surface area contributed by atoms with Gasteiger partial charge in [-0.3, -0.25) is 18.7 Å². The van der Waals surface area contributed by atoms with Crippen molar-refractivity contribution in [3.63, 3.8) is 0 Å². The van der Waals surface area contributed by atoms with Crippen LogP contribution in [0.2, 0.25) is 0 Å². The number of halogens is 2. The van der Waals surface area contributed by atoms with Crippen LogP contribution in [0.3, 0.4) is 0 Å². The van der Waals surface area contributed by atoms with Gasteiger partial charge in [-0.05, 0) is 35.7 Å². The molecule has 0 saturated heterocycles. The molecule has 0 saturated carbocycles. The van der Waals surface area contributed by atoms with E-state index in [1.165, 1.54) is 0 Å². The molecule has 0 unspecified atom stereocenters. The van der Waals surface area contributed by atoms with Gasteiger partial charge in [-0.25, -0.2) is 0 Å². The van der Waals surface area contributed by atoms with Gasteiger partial charge in [0, 0.05) is 24.0 Å². The minimum absolute atomic E-state index is 0. The summed E-state index contributed by atoms with van der Waals surface area (Å²) in [6, 6.07) is 32.3. The standard InChI is InChI=1S/C16H11N2.C11H6F2N.CN.Ir/c1-2-7-13(8-3-1)14-10-6-11-16(18-14)15-9-4-5-12-17-15;12-8-4-5-9(10(13)7-8)11-3-1-2-6-14-11;1-2;/h1-7,9-12H;1-4,6-7H;;/q3*-1;+3. The molecule has 0 aliphatic rings. The first kappa shape index (κ1) is 27.1. The van der Waals surface area contributed by atoms with Crippen LogP contribution in [0.5, 0.6) is 0 Å². The average molecular weight is 640 g/mol. The van der Waals surface area contributed by atoms with Crippen molar-refractivity contribution in [1.29, 1.82) is 5.26 Å². The van der Waals surface area contributed by atoms with Gasteiger partial charge in [-0.1, -0.05) is 42.0 Å². The van der Waals surface area contributed by atoms with Crippen molar-refractivity contribution in [2.45, 2.75) is 0 Å². The third kappa shape index (κ3) is 7.72. The quantitative estimate of drug-likeness (QED) is 0.211. The molecule has 0 radical (unpaired) electrons. The summed E-state index contributed by atoms with van der Waals surface area (Å²) in [7, 11) is 0. The Labute approximate surface area is 216 Å². The number of hydrogen-bond donors (Lipinski definition) is 0. The van der Waals surface area contributed by atoms with E-state index in [2.05, 4.69) is 27.1 Å². The van der Waals surface area contributed by atoms with E-state index < -0.39 is 11.6 Å². The van der Waals surface area contributed by atoms with Crippen LogP contribution >= 0.6 is 0 Å². The van der Waals surface area contributed by atoms with E-state index in [1.807, 2.05) is 60.7 Å². The Kier molecular flexibility index (Phi) is 11.0. The predicted octanol–water partition coefficient (Wildman–Crippen LogP) is 6.53. The second-order valence-corrected chi connectivity index (χ2v) is 6.66. The van der Waals surface area contributed by atoms with Crippen molar-refractivity contribution < 1.29 is 28.9 Å². The molecule has 3 heterocycles. The summed E-state index contributed by atoms with van der Waals surface area (Å²) in [6.45, 7) is 4.75. The molecular formula is C28H17F2IrN4. The average Bonchev–Trinajstić information content (AvgIpc) is 2.92. The number of benzene rings is 2. The molecule has 172 valence electrons. The number of aromatic nitrogens is 3. The molecule has 2 aromatic carbocycles. The Morgan fingerprint density at radius 1 is 0.686 bits per heavy atom. The fourth-order valence-corrected chi connectivity index (χ4v) is 2.95. The molecule has 4 nitrogen and oxygen atoms in total. The number of nitrogens with zero attached hydrogens (tertiary/aromatic N) is 4. The Hall–Kier alpha value is -4.11. The van der Waals surface area contributed by atoms with Crippen molar-refractivity contribution in [3.8, 4) is 33.9 Å². The smallest absolute Gasteiger partial charge is 0.512 e. The van der Waals surface area contributed by atoms with E-state index >= 15 is 0 Å². The zero-order valence-corrected chi connectivity index (χ0v) is 20.6. The molecule has 0 fully saturated rings. The fourth-order valence-electron chi connectivity index (χ4n) is 2.95. The maximum absolute atomic E-state index is 13.2. The molecule has 0 spiro atoms. The largest absolute Gasteiger partial charge is 3.00 e. The van der Waals surface area contributed by atoms with Gasteiger partial charge in [0.25, 0.3) is 0 Å². The minimum atomic E-state index is -0.649. The predicted molar refractivity (Wildman–Crippen MR) is 125 cm³/mol. The van der Waals surface area contributed by atoms with Gasteiger partial charge < -0.3 is 16.8 Å². The van der Waals surface area contributed by atoms with Gasteiger partial charge in [-0.2, -0.15) is 0 Å². The summed E-state index contributed by atoms with van der Waals surface area (Å²) in [5.41, 5.74) is 4.31. The third-order valence-corrected chi connectivity index (χ3v) is 4.44. The fraction of sp³-hybridized carbons (Fsp3) is 0. The summed E-state index contributed by atoms with van der Waals surface area (Å²) < 4.78 is 25.8. The first-order valence-electron chi connectivity index (χ1n) is 10.1. The van der Waals surface area contributed by atoms with Crippen LogP contribution in [0.4, 0.5) is 8.78 Å². The second kappa shape index (κ2) is 14.2. The summed E-state index contributed by atoms with van der Waals surface area (Å²) in [5, 5.41) is 6.25. The van der Waals surface area contributed by atoms with Crippen LogP contribution in [0.25, 0.3) is 33.9 Å². The normalized spacial score (nSPS) is 9.37. The van der Waals surface area contributed by atoms with Crippen LogP contribution < -0.4 is 0 Å². The summed E-state index contributed by atoms with van der Waals surface area (Å²) in [4.78, 5) is 12.9. The van der Waals surface area contributed by atoms with Crippen LogP contribution in [0, 0.1) is 35.6 Å². The van der Waals surface area contributed by atoms with E-state index in [1.54, 1.807) is 30.6 Å². The van der Waals surface area contributed by atoms with Gasteiger partial charge >= 0.3 is 20.1 Å². The van der Waals surface area contributed by atoms with Crippen molar-refractivity contribution in [1.82, 2.24) is 15.0 Å². The molecule has 0 bridgehead atoms. The van der Waals surface area contributed by atoms with Gasteiger partial charge in [0.2, 0.25) is 0 Å². The van der Waals surface area contributed by atoms with Crippen LogP contribution in [0.15, 0.2) is 103 Å². The second-order valence-electron chi connectivity index (χ2n) is 6.66. The summed E-state index contributed by atoms with van der Waals surface area (Å²) in [5.74, 6) is -1.29. The van der Waals surface area contributed by atoms with E-state index in [0.717, 1.165) is 34.8 Å². The zero-order chi connectivity index (χ0) is 24.2. The van der Waals surface area contributed by atoms with Crippen molar-refractivity contribution in [3.05, 3.63) is 134 Å². The number of hydrogen-bond acceptors (Lipinski definition) is 4. The van der Waals surface area contributed by atoms with E-state index in [-0.39, 0.29) is 25.7 Å². The summed E-state index contributed by atoms with van der Waals surface area (Å²) in [6.07, 6.45) is 3.32. The Morgan fingerprint density at radius 2 is 1.31 bits per heavy atom. The van der Waals surface area contributed by atoms with E-state index in [0.29, 0.717) is 5.69 Å². The number of rotatable bonds is 3. The minimum Gasteiger partial charge on any atom is -0.512 e. The number of pyridine rings is 3. The maximum Gasteiger partial charge on any atom is 3.00 e. The Balaban J connectivity index is 0.000000231. The first-order valence-corrected chi connectivity index (χ1v) is 10.1. The van der Waals surface area contributed by atoms with Crippen LogP contribution in [0.1, 0.15) is 0 Å². The topological polar surface area (TPSA) is 62.5 Å².